The van der Waals surface area contributed by atoms with E-state index < -0.39 is 12.1 Å². The first kappa shape index (κ1) is 59.6. The summed E-state index contributed by atoms with van der Waals surface area (Å²) in [5.41, 5.74) is 0. The van der Waals surface area contributed by atoms with E-state index in [9.17, 15) is 19.8 Å². The zero-order valence-electron chi connectivity index (χ0n) is 41.2. The molecule has 0 rings (SSSR count). The quantitative estimate of drug-likeness (QED) is 0.0322. The molecule has 0 saturated carbocycles. The maximum absolute atomic E-state index is 12.4. The summed E-state index contributed by atoms with van der Waals surface area (Å²) >= 11 is 0. The molecule has 0 aromatic rings. The van der Waals surface area contributed by atoms with Crippen LogP contribution in [0, 0.1) is 0 Å². The van der Waals surface area contributed by atoms with Crippen LogP contribution < -0.4 is 5.32 Å². The number of hydrogen-bond acceptors (Lipinski definition) is 5. The van der Waals surface area contributed by atoms with Crippen LogP contribution in [0.25, 0.3) is 0 Å². The summed E-state index contributed by atoms with van der Waals surface area (Å²) < 4.78 is 5.46. The van der Waals surface area contributed by atoms with E-state index in [0.29, 0.717) is 25.9 Å². The third-order valence-corrected chi connectivity index (χ3v) is 12.8. The molecule has 0 aliphatic rings. The molecule has 2 unspecified atom stereocenters. The molecule has 0 radical (unpaired) electrons. The van der Waals surface area contributed by atoms with Gasteiger partial charge in [0.25, 0.3) is 0 Å². The van der Waals surface area contributed by atoms with Gasteiger partial charge in [-0.05, 0) is 51.4 Å². The first-order valence-corrected chi connectivity index (χ1v) is 27.4. The maximum atomic E-state index is 12.4. The highest BCUT2D eigenvalue weighted by Gasteiger charge is 2.20. The van der Waals surface area contributed by atoms with Crippen LogP contribution >= 0.6 is 0 Å². The molecule has 6 heteroatoms. The van der Waals surface area contributed by atoms with Gasteiger partial charge in [-0.3, -0.25) is 9.59 Å². The van der Waals surface area contributed by atoms with Crippen LogP contribution in [-0.2, 0) is 14.3 Å². The second-order valence-corrected chi connectivity index (χ2v) is 18.9. The van der Waals surface area contributed by atoms with E-state index in [0.717, 1.165) is 44.9 Å². The monoisotopic (exact) mass is 862 g/mol. The third-order valence-electron chi connectivity index (χ3n) is 12.8. The van der Waals surface area contributed by atoms with Crippen molar-refractivity contribution in [1.29, 1.82) is 0 Å². The number of rotatable bonds is 51. The number of esters is 1. The molecule has 0 aromatic carbocycles. The summed E-state index contributed by atoms with van der Waals surface area (Å²) in [6.07, 6.45) is 59.1. The van der Waals surface area contributed by atoms with Crippen LogP contribution in [0.3, 0.4) is 0 Å². The summed E-state index contributed by atoms with van der Waals surface area (Å²) in [5, 5.41) is 23.2. The minimum absolute atomic E-state index is 0.000676. The van der Waals surface area contributed by atoms with Gasteiger partial charge in [0.2, 0.25) is 5.91 Å². The van der Waals surface area contributed by atoms with Crippen molar-refractivity contribution < 1.29 is 24.5 Å². The van der Waals surface area contributed by atoms with Gasteiger partial charge in [0.15, 0.2) is 0 Å². The summed E-state index contributed by atoms with van der Waals surface area (Å²) in [5.74, 6) is -0.0359. The Morgan fingerprint density at radius 3 is 1.20 bits per heavy atom. The molecule has 6 nitrogen and oxygen atoms in total. The van der Waals surface area contributed by atoms with E-state index in [1.165, 1.54) is 225 Å². The van der Waals surface area contributed by atoms with Crippen molar-refractivity contribution in [2.45, 2.75) is 315 Å². The first-order valence-electron chi connectivity index (χ1n) is 27.4. The van der Waals surface area contributed by atoms with Gasteiger partial charge < -0.3 is 20.3 Å². The molecule has 362 valence electrons. The number of allylic oxidation sites excluding steroid dienone is 2. The fourth-order valence-corrected chi connectivity index (χ4v) is 8.58. The van der Waals surface area contributed by atoms with Crippen LogP contribution in [0.15, 0.2) is 12.2 Å². The SMILES string of the molecule is CCCCC/C=C\CCCCCCCC(=O)OCCCCCCCCCCCCCCCCCCCCCCC(=O)NC(CO)C(O)CCCCCCCCCCCCCC. The van der Waals surface area contributed by atoms with Gasteiger partial charge in [0.05, 0.1) is 25.4 Å². The van der Waals surface area contributed by atoms with Crippen molar-refractivity contribution in [3.63, 3.8) is 0 Å². The van der Waals surface area contributed by atoms with E-state index in [4.69, 9.17) is 4.74 Å². The van der Waals surface area contributed by atoms with Gasteiger partial charge in [-0.15, -0.1) is 0 Å². The molecular weight excluding hydrogens is 755 g/mol. The molecule has 0 aliphatic heterocycles. The Morgan fingerprint density at radius 2 is 0.770 bits per heavy atom. The van der Waals surface area contributed by atoms with Gasteiger partial charge in [0.1, 0.15) is 0 Å². The number of carbonyl (C=O) groups is 2. The van der Waals surface area contributed by atoms with Crippen LogP contribution in [0.1, 0.15) is 303 Å². The van der Waals surface area contributed by atoms with Crippen molar-refractivity contribution in [2.24, 2.45) is 0 Å². The van der Waals surface area contributed by atoms with Gasteiger partial charge in [-0.25, -0.2) is 0 Å². The minimum Gasteiger partial charge on any atom is -0.466 e. The average Bonchev–Trinajstić information content (AvgIpc) is 3.26. The predicted octanol–water partition coefficient (Wildman–Crippen LogP) is 16.5. The van der Waals surface area contributed by atoms with Crippen molar-refractivity contribution in [3.05, 3.63) is 12.2 Å². The number of nitrogens with one attached hydrogen (secondary N) is 1. The van der Waals surface area contributed by atoms with Crippen molar-refractivity contribution >= 4 is 11.9 Å². The lowest BCUT2D eigenvalue weighted by Gasteiger charge is -2.22. The van der Waals surface area contributed by atoms with Crippen molar-refractivity contribution in [2.75, 3.05) is 13.2 Å². The van der Waals surface area contributed by atoms with Crippen LogP contribution in [0.4, 0.5) is 0 Å². The lowest BCUT2D eigenvalue weighted by atomic mass is 10.0. The molecule has 3 N–H and O–H groups in total. The number of amides is 1. The van der Waals surface area contributed by atoms with E-state index in [1.807, 2.05) is 0 Å². The molecule has 0 aliphatic carbocycles. The van der Waals surface area contributed by atoms with E-state index in [1.54, 1.807) is 0 Å². The molecule has 0 aromatic heterocycles. The Bertz CT molecular complexity index is 909. The minimum atomic E-state index is -0.663. The van der Waals surface area contributed by atoms with Crippen LogP contribution in [-0.4, -0.2) is 47.4 Å². The normalized spacial score (nSPS) is 12.7. The largest absolute Gasteiger partial charge is 0.466 e. The summed E-state index contributed by atoms with van der Waals surface area (Å²) in [6, 6.07) is -0.541. The number of carbonyl (C=O) groups excluding carboxylic acids is 2. The Morgan fingerprint density at radius 1 is 0.443 bits per heavy atom. The molecule has 2 atom stereocenters. The summed E-state index contributed by atoms with van der Waals surface area (Å²) in [4.78, 5) is 24.4. The highest BCUT2D eigenvalue weighted by atomic mass is 16.5. The van der Waals surface area contributed by atoms with E-state index >= 15 is 0 Å². The Balaban J connectivity index is 3.38. The van der Waals surface area contributed by atoms with Gasteiger partial charge in [0, 0.05) is 12.8 Å². The van der Waals surface area contributed by atoms with E-state index in [2.05, 4.69) is 31.3 Å². The van der Waals surface area contributed by atoms with Gasteiger partial charge in [-0.2, -0.15) is 0 Å². The number of aliphatic hydroxyl groups excluding tert-OH is 2. The topological polar surface area (TPSA) is 95.9 Å². The second-order valence-electron chi connectivity index (χ2n) is 18.9. The summed E-state index contributed by atoms with van der Waals surface area (Å²) in [6.45, 7) is 4.92. The molecular formula is C55H107NO5. The number of unbranched alkanes of at least 4 members (excludes halogenated alkanes) is 38. The Kier molecular flexibility index (Phi) is 50.1. The van der Waals surface area contributed by atoms with Crippen LogP contribution in [0.5, 0.6) is 0 Å². The first-order chi connectivity index (χ1) is 30.0. The Labute approximate surface area is 380 Å². The van der Waals surface area contributed by atoms with Gasteiger partial charge >= 0.3 is 5.97 Å². The number of ether oxygens (including phenoxy) is 1. The number of aliphatic hydroxyl groups is 2. The third kappa shape index (κ3) is 47.9. The number of hydrogen-bond donors (Lipinski definition) is 3. The lowest BCUT2D eigenvalue weighted by molar-refractivity contribution is -0.143. The summed E-state index contributed by atoms with van der Waals surface area (Å²) in [7, 11) is 0. The van der Waals surface area contributed by atoms with E-state index in [-0.39, 0.29) is 18.5 Å². The zero-order chi connectivity index (χ0) is 44.4. The highest BCUT2D eigenvalue weighted by Crippen LogP contribution is 2.17. The highest BCUT2D eigenvalue weighted by molar-refractivity contribution is 5.76. The second kappa shape index (κ2) is 51.2. The van der Waals surface area contributed by atoms with Crippen molar-refractivity contribution in [1.82, 2.24) is 5.32 Å². The molecule has 1 amide bonds. The Hall–Kier alpha value is -1.40. The zero-order valence-corrected chi connectivity index (χ0v) is 41.2. The molecule has 0 bridgehead atoms. The maximum Gasteiger partial charge on any atom is 0.305 e. The lowest BCUT2D eigenvalue weighted by Crippen LogP contribution is -2.45. The van der Waals surface area contributed by atoms with Crippen LogP contribution in [0.2, 0.25) is 0 Å². The fourth-order valence-electron chi connectivity index (χ4n) is 8.58. The molecule has 0 saturated heterocycles. The molecule has 0 fully saturated rings. The smallest absolute Gasteiger partial charge is 0.305 e. The van der Waals surface area contributed by atoms with Gasteiger partial charge in [-0.1, -0.05) is 251 Å². The molecule has 0 heterocycles. The van der Waals surface area contributed by atoms with Crippen molar-refractivity contribution in [3.8, 4) is 0 Å². The predicted molar refractivity (Wildman–Crippen MR) is 264 cm³/mol. The standard InChI is InChI=1S/C55H107NO5/c1-3-5-7-9-11-13-15-27-31-35-39-43-47-53(58)52(51-57)56-54(59)48-44-40-36-32-28-25-23-21-19-17-18-20-22-24-26-30-34-38-42-46-50-61-55(60)49-45-41-37-33-29-16-14-12-10-8-6-4-2/h12,14,52-53,57-58H,3-11,13,15-51H2,1-2H3,(H,56,59)/b14-12-. The molecule has 61 heavy (non-hydrogen) atoms. The average molecular weight is 862 g/mol. The molecule has 0 spiro atoms. The fraction of sp³-hybridized carbons (Fsp3) is 0.927.